The van der Waals surface area contributed by atoms with Gasteiger partial charge in [0, 0.05) is 0 Å². The van der Waals surface area contributed by atoms with Gasteiger partial charge in [0.2, 0.25) is 0 Å². The van der Waals surface area contributed by atoms with E-state index in [2.05, 4.69) is 32.9 Å². The molecule has 0 saturated carbocycles. The number of hydrogen-bond donors (Lipinski definition) is 0. The summed E-state index contributed by atoms with van der Waals surface area (Å²) in [7, 11) is -7.92. The summed E-state index contributed by atoms with van der Waals surface area (Å²) in [4.78, 5) is 11.2. The molecule has 0 fully saturated rings. The van der Waals surface area contributed by atoms with Crippen LogP contribution in [0.25, 0.3) is 0 Å². The van der Waals surface area contributed by atoms with Crippen molar-refractivity contribution in [3.05, 3.63) is 103 Å². The zero-order valence-electron chi connectivity index (χ0n) is 30.3. The fourth-order valence-corrected chi connectivity index (χ4v) is 28.9. The molecule has 9 nitrogen and oxygen atoms in total. The topological polar surface area (TPSA) is 118 Å². The van der Waals surface area contributed by atoms with Crippen LogP contribution in [0.2, 0.25) is 13.3 Å². The van der Waals surface area contributed by atoms with Crippen molar-refractivity contribution in [2.45, 2.75) is 114 Å². The summed E-state index contributed by atoms with van der Waals surface area (Å²) in [6.45, 7) is 9.23. The van der Waals surface area contributed by atoms with Gasteiger partial charge in [-0.15, -0.1) is 0 Å². The van der Waals surface area contributed by atoms with Gasteiger partial charge in [0.1, 0.15) is 0 Å². The number of aryl methyl sites for hydroxylation is 1. The molecule has 0 amide bonds. The van der Waals surface area contributed by atoms with Crippen LogP contribution in [0.3, 0.4) is 0 Å². The molecule has 2 aliphatic heterocycles. The molecule has 3 aromatic rings. The Bertz CT molecular complexity index is 1980. The first-order valence-corrected chi connectivity index (χ1v) is 28.9. The number of nitrogens with zero attached hydrogens (tertiary/aromatic N) is 3. The van der Waals surface area contributed by atoms with E-state index in [9.17, 15) is 26.9 Å². The molecule has 1 aliphatic carbocycles. The average Bonchev–Trinajstić information content (AvgIpc) is 3.51. The van der Waals surface area contributed by atoms with Crippen molar-refractivity contribution < 1.29 is 21.8 Å². The van der Waals surface area contributed by atoms with Gasteiger partial charge in [-0.25, -0.2) is 0 Å². The molecule has 274 valence electrons. The van der Waals surface area contributed by atoms with Crippen molar-refractivity contribution in [2.24, 2.45) is 0 Å². The molecule has 3 aromatic carbocycles. The summed E-state index contributed by atoms with van der Waals surface area (Å²) < 4.78 is 66.2. The second kappa shape index (κ2) is 15.3. The Morgan fingerprint density at radius 2 is 1.37 bits per heavy atom. The van der Waals surface area contributed by atoms with E-state index in [1.54, 1.807) is 16.4 Å². The van der Waals surface area contributed by atoms with Crippen LogP contribution in [0.1, 0.15) is 94.2 Å². The van der Waals surface area contributed by atoms with E-state index in [-0.39, 0.29) is 33.9 Å². The van der Waals surface area contributed by atoms with Gasteiger partial charge in [0.25, 0.3) is 0 Å². The summed E-state index contributed by atoms with van der Waals surface area (Å²) in [5.74, 6) is -0.383. The Hall–Kier alpha value is -2.74. The van der Waals surface area contributed by atoms with Gasteiger partial charge in [-0.05, 0) is 6.92 Å². The SMILES string of the molecule is CCC[CH2][Sn]([CH2]CCC)([CH2]CCC)[C]1=C[C@@H]2c3cccc4c3[C@@H](C[C@H]2N(S(=O)(=O)c2ccc([N+](=O)[O-])cc2)C1)CN4S(=O)(=O)c1ccc(C)cc1. The number of rotatable bonds is 15. The fourth-order valence-electron chi connectivity index (χ4n) is 8.75. The summed E-state index contributed by atoms with van der Waals surface area (Å²) in [5, 5.41) is 11.5. The monoisotopic (exact) mass is 841 g/mol. The molecule has 6 rings (SSSR count). The van der Waals surface area contributed by atoms with Gasteiger partial charge in [-0.1, -0.05) is 0 Å². The van der Waals surface area contributed by atoms with Crippen molar-refractivity contribution in [1.29, 1.82) is 0 Å². The molecule has 0 unspecified atom stereocenters. The number of nitro benzene ring substituents is 1. The van der Waals surface area contributed by atoms with E-state index in [1.807, 2.05) is 31.2 Å². The Morgan fingerprint density at radius 3 is 1.94 bits per heavy atom. The van der Waals surface area contributed by atoms with Crippen molar-refractivity contribution >= 4 is 49.8 Å². The first-order valence-electron chi connectivity index (χ1n) is 18.6. The predicted molar refractivity (Wildman–Crippen MR) is 206 cm³/mol. The molecular weight excluding hydrogens is 789 g/mol. The molecule has 3 aliphatic rings. The second-order valence-electron chi connectivity index (χ2n) is 14.7. The van der Waals surface area contributed by atoms with Gasteiger partial charge in [0.15, 0.2) is 0 Å². The fraction of sp³-hybridized carbons (Fsp3) is 0.487. The van der Waals surface area contributed by atoms with Crippen LogP contribution in [0.4, 0.5) is 11.4 Å². The standard InChI is InChI=1S/C27H24N3O6S2.3C4H9.Sn/c1-18-7-11-21(12-8-18)38(35,36)29-17-19-16-26-23(24-4-2-6-25(29)27(19)24)5-3-15-28(26)37(33,34)22-13-9-20(10-14-22)30(31)32;3*1-3-4-2;/h2,4-14,19,23,26H,15-17H2,1H3;3*1,3-4H2,2H3;/t19-,23+,26+;;;;/m0..../s1. The Morgan fingerprint density at radius 1 is 0.804 bits per heavy atom. The van der Waals surface area contributed by atoms with E-state index in [0.29, 0.717) is 18.7 Å². The van der Waals surface area contributed by atoms with Crippen LogP contribution >= 0.6 is 0 Å². The van der Waals surface area contributed by atoms with E-state index in [0.717, 1.165) is 55.2 Å². The van der Waals surface area contributed by atoms with Crippen LogP contribution in [0.5, 0.6) is 0 Å². The van der Waals surface area contributed by atoms with Crippen LogP contribution in [0.15, 0.2) is 86.2 Å². The van der Waals surface area contributed by atoms with Gasteiger partial charge >= 0.3 is 303 Å². The summed E-state index contributed by atoms with van der Waals surface area (Å²) in [6.07, 6.45) is 9.66. The molecule has 2 heterocycles. The van der Waals surface area contributed by atoms with Crippen LogP contribution in [-0.2, 0) is 20.0 Å². The molecule has 0 radical (unpaired) electrons. The second-order valence-corrected chi connectivity index (χ2v) is 31.9. The molecule has 12 heteroatoms. The minimum absolute atomic E-state index is 0.0547. The predicted octanol–water partition coefficient (Wildman–Crippen LogP) is 9.07. The first-order chi connectivity index (χ1) is 24.4. The summed E-state index contributed by atoms with van der Waals surface area (Å²) in [5.41, 5.74) is 3.57. The molecular formula is C39H51N3O6S2Sn. The molecule has 3 atom stereocenters. The van der Waals surface area contributed by atoms with E-state index < -0.39 is 49.4 Å². The molecule has 0 spiro atoms. The molecule has 0 saturated heterocycles. The normalized spacial score (nSPS) is 20.5. The van der Waals surface area contributed by atoms with Crippen molar-refractivity contribution in [2.75, 3.05) is 17.4 Å². The number of fused-ring (bicyclic) bond motifs is 2. The Balaban J connectivity index is 1.51. The molecule has 0 aromatic heterocycles. The molecule has 0 bridgehead atoms. The van der Waals surface area contributed by atoms with Crippen LogP contribution in [0, 0.1) is 17.0 Å². The number of hydrogen-bond acceptors (Lipinski definition) is 6. The number of anilines is 1. The van der Waals surface area contributed by atoms with Crippen molar-refractivity contribution in [3.63, 3.8) is 0 Å². The maximum absolute atomic E-state index is 14.8. The number of sulfonamides is 2. The summed E-state index contributed by atoms with van der Waals surface area (Å²) in [6, 6.07) is 17.7. The zero-order valence-corrected chi connectivity index (χ0v) is 34.7. The van der Waals surface area contributed by atoms with Gasteiger partial charge in [0.05, 0.1) is 0 Å². The van der Waals surface area contributed by atoms with Crippen molar-refractivity contribution in [3.8, 4) is 0 Å². The third kappa shape index (κ3) is 7.16. The summed E-state index contributed by atoms with van der Waals surface area (Å²) >= 11 is -3.17. The quantitative estimate of drug-likeness (QED) is 0.0857. The third-order valence-electron chi connectivity index (χ3n) is 11.5. The van der Waals surface area contributed by atoms with Gasteiger partial charge in [-0.3, -0.25) is 0 Å². The van der Waals surface area contributed by atoms with E-state index >= 15 is 0 Å². The molecule has 51 heavy (non-hydrogen) atoms. The Kier molecular flexibility index (Phi) is 11.4. The molecule has 0 N–H and O–H groups in total. The number of nitro groups is 1. The minimum atomic E-state index is -4.06. The zero-order chi connectivity index (χ0) is 36.6. The first kappa shape index (κ1) is 38.0. The van der Waals surface area contributed by atoms with E-state index in [4.69, 9.17) is 0 Å². The van der Waals surface area contributed by atoms with E-state index in [1.165, 1.54) is 45.5 Å². The number of unbranched alkanes of at least 4 members (excludes halogenated alkanes) is 3. The van der Waals surface area contributed by atoms with Crippen LogP contribution < -0.4 is 4.31 Å². The van der Waals surface area contributed by atoms with Gasteiger partial charge < -0.3 is 0 Å². The van der Waals surface area contributed by atoms with Gasteiger partial charge in [-0.2, -0.15) is 0 Å². The van der Waals surface area contributed by atoms with Crippen molar-refractivity contribution in [1.82, 2.24) is 4.31 Å². The maximum atomic E-state index is 14.8. The number of non-ortho nitro benzene ring substituents is 1. The Labute approximate surface area is 308 Å². The number of benzene rings is 3. The third-order valence-corrected chi connectivity index (χ3v) is 31.2. The van der Waals surface area contributed by atoms with Crippen LogP contribution in [-0.4, -0.2) is 63.6 Å². The average molecular weight is 841 g/mol.